The van der Waals surface area contributed by atoms with Crippen LogP contribution in [0, 0.1) is 13.8 Å². The van der Waals surface area contributed by atoms with Crippen molar-refractivity contribution < 1.29 is 23.8 Å². The van der Waals surface area contributed by atoms with Gasteiger partial charge >= 0.3 is 0 Å². The van der Waals surface area contributed by atoms with E-state index in [4.69, 9.17) is 14.2 Å². The number of ether oxygens (including phenoxy) is 3. The normalized spacial score (nSPS) is 10.4. The maximum absolute atomic E-state index is 12.5. The Morgan fingerprint density at radius 1 is 0.815 bits per heavy atom. The van der Waals surface area contributed by atoms with Crippen LogP contribution in [0.25, 0.3) is 0 Å². The van der Waals surface area contributed by atoms with Crippen LogP contribution >= 0.6 is 0 Å². The number of rotatable bonds is 9. The maximum Gasteiger partial charge on any atom is 0.203 e. The molecule has 0 spiro atoms. The Morgan fingerprint density at radius 2 is 1.41 bits per heavy atom. The minimum atomic E-state index is -0.0670. The van der Waals surface area contributed by atoms with Crippen LogP contribution in [0.15, 0.2) is 30.3 Å². The van der Waals surface area contributed by atoms with Crippen molar-refractivity contribution in [1.29, 1.82) is 0 Å². The molecule has 0 saturated heterocycles. The molecule has 0 heterocycles. The van der Waals surface area contributed by atoms with Gasteiger partial charge in [0.05, 0.1) is 21.3 Å². The highest BCUT2D eigenvalue weighted by molar-refractivity contribution is 5.99. The highest BCUT2D eigenvalue weighted by Gasteiger charge is 2.17. The molecule has 27 heavy (non-hydrogen) atoms. The van der Waals surface area contributed by atoms with Crippen molar-refractivity contribution in [3.05, 3.63) is 52.6 Å². The number of ketones is 2. The average Bonchev–Trinajstić information content (AvgIpc) is 2.66. The van der Waals surface area contributed by atoms with Crippen molar-refractivity contribution in [2.45, 2.75) is 33.1 Å². The van der Waals surface area contributed by atoms with Gasteiger partial charge in [-0.3, -0.25) is 9.59 Å². The Morgan fingerprint density at radius 3 is 1.93 bits per heavy atom. The van der Waals surface area contributed by atoms with E-state index in [1.54, 1.807) is 12.1 Å². The highest BCUT2D eigenvalue weighted by atomic mass is 16.5. The van der Waals surface area contributed by atoms with Crippen LogP contribution in [0.4, 0.5) is 0 Å². The molecular weight excluding hydrogens is 344 g/mol. The van der Waals surface area contributed by atoms with Gasteiger partial charge < -0.3 is 14.2 Å². The summed E-state index contributed by atoms with van der Waals surface area (Å²) in [5.74, 6) is 1.31. The molecule has 0 aromatic heterocycles. The van der Waals surface area contributed by atoms with Gasteiger partial charge in [0.15, 0.2) is 23.1 Å². The van der Waals surface area contributed by atoms with Gasteiger partial charge in [-0.2, -0.15) is 0 Å². The Kier molecular flexibility index (Phi) is 6.99. The SMILES string of the molecule is COc1cc(C(=O)CCCC(=O)c2ccc(C)cc2C)cc(OC)c1OC. The molecule has 0 fully saturated rings. The van der Waals surface area contributed by atoms with Crippen molar-refractivity contribution in [2.24, 2.45) is 0 Å². The molecule has 0 aliphatic heterocycles. The van der Waals surface area contributed by atoms with Crippen LogP contribution in [-0.2, 0) is 0 Å². The summed E-state index contributed by atoms with van der Waals surface area (Å²) in [5.41, 5.74) is 3.29. The minimum Gasteiger partial charge on any atom is -0.493 e. The molecule has 2 aromatic carbocycles. The zero-order valence-corrected chi connectivity index (χ0v) is 16.5. The number of methoxy groups -OCH3 is 3. The molecule has 5 nitrogen and oxygen atoms in total. The van der Waals surface area contributed by atoms with Crippen LogP contribution in [0.5, 0.6) is 17.2 Å². The van der Waals surface area contributed by atoms with Gasteiger partial charge in [-0.25, -0.2) is 0 Å². The lowest BCUT2D eigenvalue weighted by molar-refractivity contribution is 0.0956. The Bertz CT molecular complexity index is 814. The zero-order valence-electron chi connectivity index (χ0n) is 16.5. The van der Waals surface area contributed by atoms with Crippen LogP contribution in [0.1, 0.15) is 51.1 Å². The fraction of sp³-hybridized carbons (Fsp3) is 0.364. The van der Waals surface area contributed by atoms with E-state index < -0.39 is 0 Å². The topological polar surface area (TPSA) is 61.8 Å². The number of hydrogen-bond donors (Lipinski definition) is 0. The molecule has 0 radical (unpaired) electrons. The first-order valence-electron chi connectivity index (χ1n) is 8.85. The summed E-state index contributed by atoms with van der Waals surface area (Å²) in [7, 11) is 4.53. The molecule has 2 aromatic rings. The van der Waals surface area contributed by atoms with E-state index in [1.165, 1.54) is 21.3 Å². The third-order valence-electron chi connectivity index (χ3n) is 4.48. The van der Waals surface area contributed by atoms with Crippen LogP contribution in [0.2, 0.25) is 0 Å². The lowest BCUT2D eigenvalue weighted by Crippen LogP contribution is -2.06. The van der Waals surface area contributed by atoms with E-state index in [9.17, 15) is 9.59 Å². The molecule has 2 rings (SSSR count). The van der Waals surface area contributed by atoms with Crippen molar-refractivity contribution >= 4 is 11.6 Å². The number of aryl methyl sites for hydroxylation is 2. The summed E-state index contributed by atoms with van der Waals surface area (Å²) in [4.78, 5) is 25.0. The molecule has 0 bridgehead atoms. The van der Waals surface area contributed by atoms with Crippen molar-refractivity contribution in [1.82, 2.24) is 0 Å². The third-order valence-corrected chi connectivity index (χ3v) is 4.48. The number of carbonyl (C=O) groups is 2. The van der Waals surface area contributed by atoms with E-state index >= 15 is 0 Å². The fourth-order valence-corrected chi connectivity index (χ4v) is 3.06. The summed E-state index contributed by atoms with van der Waals surface area (Å²) in [5, 5.41) is 0. The third kappa shape index (κ3) is 4.88. The van der Waals surface area contributed by atoms with Crippen molar-refractivity contribution in [3.8, 4) is 17.2 Å². The predicted molar refractivity (Wildman–Crippen MR) is 105 cm³/mol. The zero-order chi connectivity index (χ0) is 20.0. The van der Waals surface area contributed by atoms with Crippen molar-refractivity contribution in [2.75, 3.05) is 21.3 Å². The summed E-state index contributed by atoms with van der Waals surface area (Å²) in [6, 6.07) is 9.05. The molecular formula is C22H26O5. The number of Topliss-reactive ketones (excluding diaryl/α,β-unsaturated/α-hetero) is 2. The predicted octanol–water partition coefficient (Wildman–Crippen LogP) is 4.57. The van der Waals surface area contributed by atoms with Gasteiger partial charge in [0.25, 0.3) is 0 Å². The van der Waals surface area contributed by atoms with Crippen LogP contribution in [-0.4, -0.2) is 32.9 Å². The van der Waals surface area contributed by atoms with Gasteiger partial charge in [-0.1, -0.05) is 23.8 Å². The average molecular weight is 370 g/mol. The van der Waals surface area contributed by atoms with Crippen molar-refractivity contribution in [3.63, 3.8) is 0 Å². The van der Waals surface area contributed by atoms with E-state index in [1.807, 2.05) is 32.0 Å². The van der Waals surface area contributed by atoms with Gasteiger partial charge in [-0.15, -0.1) is 0 Å². The first kappa shape index (κ1) is 20.5. The van der Waals surface area contributed by atoms with E-state index in [2.05, 4.69) is 0 Å². The van der Waals surface area contributed by atoms with Gasteiger partial charge in [0.1, 0.15) is 0 Å². The molecule has 5 heteroatoms. The quantitative estimate of drug-likeness (QED) is 0.605. The Hall–Kier alpha value is -2.82. The number of carbonyl (C=O) groups excluding carboxylic acids is 2. The minimum absolute atomic E-state index is 0.0604. The number of hydrogen-bond acceptors (Lipinski definition) is 5. The lowest BCUT2D eigenvalue weighted by Gasteiger charge is -2.13. The monoisotopic (exact) mass is 370 g/mol. The molecule has 144 valence electrons. The second-order valence-corrected chi connectivity index (χ2v) is 6.43. The summed E-state index contributed by atoms with van der Waals surface area (Å²) < 4.78 is 15.8. The first-order valence-corrected chi connectivity index (χ1v) is 8.85. The Balaban J connectivity index is 2.04. The highest BCUT2D eigenvalue weighted by Crippen LogP contribution is 2.38. The molecule has 0 unspecified atom stereocenters. The van der Waals surface area contributed by atoms with Gasteiger partial charge in [0, 0.05) is 24.0 Å². The summed E-state index contributed by atoms with van der Waals surface area (Å²) >= 11 is 0. The van der Waals surface area contributed by atoms with Crippen LogP contribution < -0.4 is 14.2 Å². The molecule has 0 amide bonds. The maximum atomic E-state index is 12.5. The molecule has 0 atom stereocenters. The molecule has 0 saturated carbocycles. The van der Waals surface area contributed by atoms with Gasteiger partial charge in [-0.05, 0) is 38.0 Å². The molecule has 0 aliphatic carbocycles. The molecule has 0 aliphatic rings. The number of benzene rings is 2. The van der Waals surface area contributed by atoms with E-state index in [-0.39, 0.29) is 18.0 Å². The fourth-order valence-electron chi connectivity index (χ4n) is 3.06. The Labute approximate surface area is 160 Å². The van der Waals surface area contributed by atoms with E-state index in [0.717, 1.165) is 16.7 Å². The lowest BCUT2D eigenvalue weighted by atomic mass is 9.97. The summed E-state index contributed by atoms with van der Waals surface area (Å²) in [6.45, 7) is 3.93. The van der Waals surface area contributed by atoms with E-state index in [0.29, 0.717) is 35.7 Å². The van der Waals surface area contributed by atoms with Crippen LogP contribution in [0.3, 0.4) is 0 Å². The molecule has 0 N–H and O–H groups in total. The smallest absolute Gasteiger partial charge is 0.203 e. The second kappa shape index (κ2) is 9.21. The standard InChI is InChI=1S/C22H26O5/c1-14-9-10-17(15(2)11-14)19(24)8-6-7-18(23)16-12-20(25-3)22(27-5)21(13-16)26-4/h9-13H,6-8H2,1-5H3. The largest absolute Gasteiger partial charge is 0.493 e. The first-order chi connectivity index (χ1) is 12.9. The summed E-state index contributed by atoms with van der Waals surface area (Å²) in [6.07, 6.45) is 1.09. The second-order valence-electron chi connectivity index (χ2n) is 6.43. The van der Waals surface area contributed by atoms with Gasteiger partial charge in [0.2, 0.25) is 5.75 Å².